The Hall–Kier alpha value is -2.69. The van der Waals surface area contributed by atoms with E-state index in [1.54, 1.807) is 18.2 Å². The lowest BCUT2D eigenvalue weighted by atomic mass is 10.2. The predicted octanol–water partition coefficient (Wildman–Crippen LogP) is 1.06. The van der Waals surface area contributed by atoms with Gasteiger partial charge in [0.2, 0.25) is 5.91 Å². The van der Waals surface area contributed by atoms with E-state index in [0.29, 0.717) is 64.3 Å². The Bertz CT molecular complexity index is 804. The molecule has 0 unspecified atom stereocenters. The smallest absolute Gasteiger partial charge is 0.335 e. The number of aromatic carboxylic acids is 1. The molecular weight excluding hydrogens is 426 g/mol. The van der Waals surface area contributed by atoms with Crippen LogP contribution >= 0.6 is 0 Å². The zero-order chi connectivity index (χ0) is 23.5. The molecule has 2 aliphatic rings. The van der Waals surface area contributed by atoms with Crippen LogP contribution in [0.3, 0.4) is 0 Å². The molecule has 1 aromatic rings. The van der Waals surface area contributed by atoms with Crippen molar-refractivity contribution in [2.45, 2.75) is 13.3 Å². The Morgan fingerprint density at radius 3 is 2.58 bits per heavy atom. The third-order valence-electron chi connectivity index (χ3n) is 5.67. The average Bonchev–Trinajstić information content (AvgIpc) is 2.84. The number of carbonyl (C=O) groups excluding carboxylic acids is 1. The topological polar surface area (TPSA) is 107 Å². The summed E-state index contributed by atoms with van der Waals surface area (Å²) in [6.07, 6.45) is 0.808. The van der Waals surface area contributed by atoms with Crippen LogP contribution in [-0.4, -0.2) is 116 Å². The molecule has 3 rings (SSSR count). The van der Waals surface area contributed by atoms with Gasteiger partial charge >= 0.3 is 5.97 Å². The lowest BCUT2D eigenvalue weighted by molar-refractivity contribution is -0.136. The van der Waals surface area contributed by atoms with Crippen LogP contribution in [0.25, 0.3) is 0 Å². The molecule has 2 heterocycles. The largest absolute Gasteiger partial charge is 0.478 e. The highest BCUT2D eigenvalue weighted by Gasteiger charge is 2.24. The lowest BCUT2D eigenvalue weighted by Crippen LogP contribution is -2.53. The molecule has 0 spiro atoms. The van der Waals surface area contributed by atoms with Crippen LogP contribution in [0.5, 0.6) is 0 Å². The van der Waals surface area contributed by atoms with Crippen LogP contribution in [-0.2, 0) is 14.3 Å². The summed E-state index contributed by atoms with van der Waals surface area (Å²) in [4.78, 5) is 34.8. The number of morpholine rings is 1. The van der Waals surface area contributed by atoms with Gasteiger partial charge in [-0.15, -0.1) is 0 Å². The molecule has 0 bridgehead atoms. The number of aliphatic imine (C=N–C) groups is 1. The number of ether oxygens (including phenoxy) is 2. The van der Waals surface area contributed by atoms with E-state index < -0.39 is 5.97 Å². The van der Waals surface area contributed by atoms with Crippen molar-refractivity contribution in [1.29, 1.82) is 0 Å². The SMILES string of the molecule is CCOCCCN=C(Nc1cccc(C(=O)O)c1)N1CCN(CC(=O)N2CCOCC2)CC1. The highest BCUT2D eigenvalue weighted by Crippen LogP contribution is 2.13. The first kappa shape index (κ1) is 24.9. The second-order valence-electron chi connectivity index (χ2n) is 8.02. The summed E-state index contributed by atoms with van der Waals surface area (Å²) < 4.78 is 10.7. The molecule has 10 heteroatoms. The third kappa shape index (κ3) is 7.99. The van der Waals surface area contributed by atoms with Crippen molar-refractivity contribution in [3.8, 4) is 0 Å². The minimum absolute atomic E-state index is 0.153. The molecule has 33 heavy (non-hydrogen) atoms. The van der Waals surface area contributed by atoms with E-state index in [0.717, 1.165) is 32.6 Å². The first-order chi connectivity index (χ1) is 16.1. The Labute approximate surface area is 195 Å². The summed E-state index contributed by atoms with van der Waals surface area (Å²) in [5.74, 6) is -0.0965. The molecule has 1 aromatic carbocycles. The fourth-order valence-electron chi connectivity index (χ4n) is 3.80. The number of guanidine groups is 1. The molecule has 2 aliphatic heterocycles. The normalized spacial score (nSPS) is 17.8. The molecule has 1 amide bonds. The van der Waals surface area contributed by atoms with Crippen molar-refractivity contribution in [3.05, 3.63) is 29.8 Å². The van der Waals surface area contributed by atoms with Gasteiger partial charge < -0.3 is 29.7 Å². The van der Waals surface area contributed by atoms with E-state index >= 15 is 0 Å². The Morgan fingerprint density at radius 2 is 1.88 bits per heavy atom. The second kappa shape index (κ2) is 13.1. The summed E-state index contributed by atoms with van der Waals surface area (Å²) in [5.41, 5.74) is 0.908. The fourth-order valence-corrected chi connectivity index (χ4v) is 3.80. The molecule has 182 valence electrons. The van der Waals surface area contributed by atoms with Gasteiger partial charge in [0.05, 0.1) is 25.3 Å². The van der Waals surface area contributed by atoms with Gasteiger partial charge in [0.15, 0.2) is 5.96 Å². The summed E-state index contributed by atoms with van der Waals surface area (Å²) in [6.45, 7) is 9.84. The fraction of sp³-hybridized carbons (Fsp3) is 0.609. The minimum atomic E-state index is -0.965. The van der Waals surface area contributed by atoms with Crippen LogP contribution in [0.2, 0.25) is 0 Å². The van der Waals surface area contributed by atoms with E-state index in [1.165, 1.54) is 0 Å². The van der Waals surface area contributed by atoms with Gasteiger partial charge in [-0.2, -0.15) is 0 Å². The van der Waals surface area contributed by atoms with E-state index in [-0.39, 0.29) is 11.5 Å². The number of anilines is 1. The highest BCUT2D eigenvalue weighted by atomic mass is 16.5. The van der Waals surface area contributed by atoms with Gasteiger partial charge in [0.25, 0.3) is 0 Å². The summed E-state index contributed by atoms with van der Waals surface area (Å²) in [7, 11) is 0. The second-order valence-corrected chi connectivity index (χ2v) is 8.02. The number of piperazine rings is 1. The first-order valence-electron chi connectivity index (χ1n) is 11.6. The maximum absolute atomic E-state index is 12.6. The zero-order valence-corrected chi connectivity index (χ0v) is 19.4. The van der Waals surface area contributed by atoms with Gasteiger partial charge in [-0.1, -0.05) is 6.07 Å². The van der Waals surface area contributed by atoms with Crippen molar-refractivity contribution in [2.24, 2.45) is 4.99 Å². The van der Waals surface area contributed by atoms with Crippen LogP contribution in [0.1, 0.15) is 23.7 Å². The van der Waals surface area contributed by atoms with Gasteiger partial charge in [0.1, 0.15) is 0 Å². The molecule has 10 nitrogen and oxygen atoms in total. The maximum atomic E-state index is 12.6. The minimum Gasteiger partial charge on any atom is -0.478 e. The Morgan fingerprint density at radius 1 is 1.12 bits per heavy atom. The van der Waals surface area contributed by atoms with Gasteiger partial charge in [-0.3, -0.25) is 14.7 Å². The number of carboxylic acid groups (broad SMARTS) is 1. The number of hydrogen-bond donors (Lipinski definition) is 2. The highest BCUT2D eigenvalue weighted by molar-refractivity contribution is 5.95. The molecule has 0 radical (unpaired) electrons. The third-order valence-corrected chi connectivity index (χ3v) is 5.67. The monoisotopic (exact) mass is 461 g/mol. The number of carbonyl (C=O) groups is 2. The number of benzene rings is 1. The molecule has 2 fully saturated rings. The Balaban J connectivity index is 1.58. The lowest BCUT2D eigenvalue weighted by Gasteiger charge is -2.37. The van der Waals surface area contributed by atoms with E-state index in [4.69, 9.17) is 14.5 Å². The van der Waals surface area contributed by atoms with Gasteiger partial charge in [-0.25, -0.2) is 4.79 Å². The number of amides is 1. The van der Waals surface area contributed by atoms with E-state index in [1.807, 2.05) is 17.9 Å². The van der Waals surface area contributed by atoms with E-state index in [2.05, 4.69) is 15.1 Å². The molecule has 2 N–H and O–H groups in total. The summed E-state index contributed by atoms with van der Waals surface area (Å²) >= 11 is 0. The van der Waals surface area contributed by atoms with E-state index in [9.17, 15) is 14.7 Å². The van der Waals surface area contributed by atoms with Crippen LogP contribution in [0, 0.1) is 0 Å². The van der Waals surface area contributed by atoms with Crippen LogP contribution in [0.15, 0.2) is 29.3 Å². The van der Waals surface area contributed by atoms with Crippen molar-refractivity contribution >= 4 is 23.5 Å². The summed E-state index contributed by atoms with van der Waals surface area (Å²) in [5, 5.41) is 12.6. The number of carboxylic acids is 1. The molecule has 0 aromatic heterocycles. The van der Waals surface area contributed by atoms with Crippen molar-refractivity contribution in [2.75, 3.05) is 84.1 Å². The predicted molar refractivity (Wildman–Crippen MR) is 126 cm³/mol. The standard InChI is InChI=1S/C23H35N5O5/c1-2-32-14-4-7-24-23(25-20-6-3-5-19(17-20)22(30)31)28-10-8-26(9-11-28)18-21(29)27-12-15-33-16-13-27/h3,5-6,17H,2,4,7-16,18H2,1H3,(H,24,25)(H,30,31). The maximum Gasteiger partial charge on any atom is 0.335 e. The zero-order valence-electron chi connectivity index (χ0n) is 19.4. The number of rotatable bonds is 9. The van der Waals surface area contributed by atoms with Gasteiger partial charge in [0, 0.05) is 64.7 Å². The van der Waals surface area contributed by atoms with Crippen LogP contribution in [0.4, 0.5) is 5.69 Å². The molecular formula is C23H35N5O5. The first-order valence-corrected chi connectivity index (χ1v) is 11.6. The van der Waals surface area contributed by atoms with Crippen molar-refractivity contribution in [1.82, 2.24) is 14.7 Å². The Kier molecular flexibility index (Phi) is 9.92. The summed E-state index contributed by atoms with van der Waals surface area (Å²) in [6, 6.07) is 6.72. The molecule has 2 saturated heterocycles. The number of hydrogen-bond acceptors (Lipinski definition) is 6. The molecule has 0 aliphatic carbocycles. The van der Waals surface area contributed by atoms with Crippen molar-refractivity contribution in [3.63, 3.8) is 0 Å². The molecule has 0 atom stereocenters. The average molecular weight is 462 g/mol. The van der Waals surface area contributed by atoms with Gasteiger partial charge in [-0.05, 0) is 31.5 Å². The molecule has 0 saturated carbocycles. The number of nitrogens with zero attached hydrogens (tertiary/aromatic N) is 4. The quantitative estimate of drug-likeness (QED) is 0.319. The number of nitrogens with one attached hydrogen (secondary N) is 1. The van der Waals surface area contributed by atoms with Crippen molar-refractivity contribution < 1.29 is 24.2 Å². The van der Waals surface area contributed by atoms with Crippen LogP contribution < -0.4 is 5.32 Å².